The molecule has 0 radical (unpaired) electrons. The number of furan rings is 1. The Labute approximate surface area is 84.5 Å². The van der Waals surface area contributed by atoms with Crippen LogP contribution in [0.2, 0.25) is 0 Å². The molecule has 0 bridgehead atoms. The van der Waals surface area contributed by atoms with Gasteiger partial charge in [0.2, 0.25) is 0 Å². The number of nitrogens with one attached hydrogen (secondary N) is 1. The first-order chi connectivity index (χ1) is 6.56. The van der Waals surface area contributed by atoms with Gasteiger partial charge < -0.3 is 14.5 Å². The van der Waals surface area contributed by atoms with E-state index < -0.39 is 0 Å². The topological polar surface area (TPSA) is 42.2 Å². The molecule has 0 aliphatic heterocycles. The molecule has 0 aliphatic carbocycles. The van der Waals surface area contributed by atoms with Gasteiger partial charge in [-0.1, -0.05) is 13.8 Å². The molecule has 1 aromatic heterocycles. The summed E-state index contributed by atoms with van der Waals surface area (Å²) in [5.74, 6) is 1.87. The number of hydrogen-bond acceptors (Lipinski definition) is 3. The number of carbonyl (C=O) groups excluding carboxylic acids is 1. The van der Waals surface area contributed by atoms with Gasteiger partial charge in [0.15, 0.2) is 0 Å². The van der Waals surface area contributed by atoms with Crippen LogP contribution in [0.4, 0.5) is 0 Å². The van der Waals surface area contributed by atoms with Crippen LogP contribution in [0.15, 0.2) is 16.5 Å². The van der Waals surface area contributed by atoms with Gasteiger partial charge in [-0.2, -0.15) is 0 Å². The monoisotopic (exact) mass is 195 g/mol. The first kappa shape index (κ1) is 11.0. The van der Waals surface area contributed by atoms with E-state index in [9.17, 15) is 4.79 Å². The zero-order valence-corrected chi connectivity index (χ0v) is 8.96. The summed E-state index contributed by atoms with van der Waals surface area (Å²) < 4.78 is 5.55. The molecule has 0 amide bonds. The summed E-state index contributed by atoms with van der Waals surface area (Å²) in [4.78, 5) is 10.1. The lowest BCUT2D eigenvalue weighted by Gasteiger charge is -2.21. The number of hydrogen-bond donors (Lipinski definition) is 1. The summed E-state index contributed by atoms with van der Waals surface area (Å²) >= 11 is 0. The largest absolute Gasteiger partial charge is 0.466 e. The van der Waals surface area contributed by atoms with Crippen molar-refractivity contribution in [2.45, 2.75) is 26.2 Å². The van der Waals surface area contributed by atoms with Crippen molar-refractivity contribution in [3.63, 3.8) is 0 Å². The quantitative estimate of drug-likeness (QED) is 0.574. The van der Waals surface area contributed by atoms with Gasteiger partial charge in [-0.25, -0.2) is 0 Å². The summed E-state index contributed by atoms with van der Waals surface area (Å²) in [5, 5.41) is 3.06. The summed E-state index contributed by atoms with van der Waals surface area (Å²) in [6.45, 7) is 7.23. The molecule has 1 aromatic rings. The van der Waals surface area contributed by atoms with Crippen LogP contribution in [0.25, 0.3) is 0 Å². The highest BCUT2D eigenvalue weighted by atomic mass is 16.3. The molecule has 0 saturated carbocycles. The van der Waals surface area contributed by atoms with Crippen LogP contribution in [0.5, 0.6) is 0 Å². The van der Waals surface area contributed by atoms with Crippen molar-refractivity contribution in [3.8, 4) is 0 Å². The maximum absolute atomic E-state index is 10.1. The minimum Gasteiger partial charge on any atom is -0.466 e. The van der Waals surface area contributed by atoms with Gasteiger partial charge >= 0.3 is 0 Å². The number of aldehydes is 1. The van der Waals surface area contributed by atoms with E-state index in [0.717, 1.165) is 24.4 Å². The molecule has 1 heterocycles. The van der Waals surface area contributed by atoms with Gasteiger partial charge in [0, 0.05) is 12.0 Å². The molecule has 3 heteroatoms. The molecule has 14 heavy (non-hydrogen) atoms. The maximum Gasteiger partial charge on any atom is 0.133 e. The molecule has 0 fully saturated rings. The summed E-state index contributed by atoms with van der Waals surface area (Å²) in [7, 11) is 0. The van der Waals surface area contributed by atoms with Gasteiger partial charge in [-0.15, -0.1) is 0 Å². The Morgan fingerprint density at radius 2 is 2.21 bits per heavy atom. The van der Waals surface area contributed by atoms with Crippen LogP contribution in [-0.2, 0) is 10.2 Å². The molecule has 0 atom stereocenters. The smallest absolute Gasteiger partial charge is 0.133 e. The van der Waals surface area contributed by atoms with E-state index in [2.05, 4.69) is 19.2 Å². The van der Waals surface area contributed by atoms with Crippen LogP contribution in [-0.4, -0.2) is 19.4 Å². The average molecular weight is 195 g/mol. The lowest BCUT2D eigenvalue weighted by atomic mass is 9.90. The second-order valence-electron chi connectivity index (χ2n) is 4.09. The molecule has 78 valence electrons. The van der Waals surface area contributed by atoms with Crippen LogP contribution in [0.1, 0.15) is 25.4 Å². The standard InChI is InChI=1S/C11H17NO2/c1-9-4-5-10(14-9)11(2,3)8-12-6-7-13/h4-5,7,12H,6,8H2,1-3H3. The van der Waals surface area contributed by atoms with Crippen molar-refractivity contribution < 1.29 is 9.21 Å². The predicted octanol–water partition coefficient (Wildman–Crippen LogP) is 1.65. The van der Waals surface area contributed by atoms with Crippen LogP contribution in [0.3, 0.4) is 0 Å². The minimum atomic E-state index is -0.0722. The van der Waals surface area contributed by atoms with E-state index in [4.69, 9.17) is 4.42 Å². The van der Waals surface area contributed by atoms with Crippen molar-refractivity contribution in [1.29, 1.82) is 0 Å². The molecular formula is C11H17NO2. The minimum absolute atomic E-state index is 0.0722. The van der Waals surface area contributed by atoms with Crippen LogP contribution in [0, 0.1) is 6.92 Å². The zero-order valence-electron chi connectivity index (χ0n) is 8.96. The van der Waals surface area contributed by atoms with Crippen molar-refractivity contribution >= 4 is 6.29 Å². The van der Waals surface area contributed by atoms with E-state index in [1.807, 2.05) is 19.1 Å². The molecule has 1 N–H and O–H groups in total. The van der Waals surface area contributed by atoms with Crippen LogP contribution >= 0.6 is 0 Å². The Kier molecular flexibility index (Phi) is 3.47. The Hall–Kier alpha value is -1.09. The van der Waals surface area contributed by atoms with Gasteiger partial charge in [0.25, 0.3) is 0 Å². The second kappa shape index (κ2) is 4.42. The molecule has 0 spiro atoms. The van der Waals surface area contributed by atoms with E-state index in [0.29, 0.717) is 6.54 Å². The molecule has 0 saturated heterocycles. The molecule has 1 rings (SSSR count). The third kappa shape index (κ3) is 2.70. The van der Waals surface area contributed by atoms with E-state index >= 15 is 0 Å². The highest BCUT2D eigenvalue weighted by Crippen LogP contribution is 2.23. The predicted molar refractivity (Wildman–Crippen MR) is 55.4 cm³/mol. The fourth-order valence-corrected chi connectivity index (χ4v) is 1.33. The molecular weight excluding hydrogens is 178 g/mol. The molecule has 0 aromatic carbocycles. The van der Waals surface area contributed by atoms with E-state index in [-0.39, 0.29) is 5.41 Å². The van der Waals surface area contributed by atoms with E-state index in [1.165, 1.54) is 0 Å². The Morgan fingerprint density at radius 3 is 2.71 bits per heavy atom. The average Bonchev–Trinajstić information content (AvgIpc) is 2.53. The molecule has 3 nitrogen and oxygen atoms in total. The number of rotatable bonds is 5. The number of aryl methyl sites for hydroxylation is 1. The fourth-order valence-electron chi connectivity index (χ4n) is 1.33. The third-order valence-corrected chi connectivity index (χ3v) is 2.20. The highest BCUT2D eigenvalue weighted by molar-refractivity contribution is 5.51. The van der Waals surface area contributed by atoms with Crippen molar-refractivity contribution in [1.82, 2.24) is 5.32 Å². The van der Waals surface area contributed by atoms with Crippen LogP contribution < -0.4 is 5.32 Å². The molecule has 0 aliphatic rings. The van der Waals surface area contributed by atoms with Crippen molar-refractivity contribution in [3.05, 3.63) is 23.7 Å². The Morgan fingerprint density at radius 1 is 1.50 bits per heavy atom. The number of carbonyl (C=O) groups is 1. The van der Waals surface area contributed by atoms with E-state index in [1.54, 1.807) is 0 Å². The lowest BCUT2D eigenvalue weighted by molar-refractivity contribution is -0.107. The normalized spacial score (nSPS) is 11.6. The van der Waals surface area contributed by atoms with Gasteiger partial charge in [-0.3, -0.25) is 0 Å². The fraction of sp³-hybridized carbons (Fsp3) is 0.545. The Bertz CT molecular complexity index is 302. The lowest BCUT2D eigenvalue weighted by Crippen LogP contribution is -2.33. The SMILES string of the molecule is Cc1ccc(C(C)(C)CNCC=O)o1. The highest BCUT2D eigenvalue weighted by Gasteiger charge is 2.23. The Balaban J connectivity index is 2.60. The summed E-state index contributed by atoms with van der Waals surface area (Å²) in [6.07, 6.45) is 0.865. The van der Waals surface area contributed by atoms with Gasteiger partial charge in [0.1, 0.15) is 17.8 Å². The molecule has 0 unspecified atom stereocenters. The van der Waals surface area contributed by atoms with Gasteiger partial charge in [-0.05, 0) is 19.1 Å². The first-order valence-corrected chi connectivity index (χ1v) is 4.77. The second-order valence-corrected chi connectivity index (χ2v) is 4.09. The first-order valence-electron chi connectivity index (χ1n) is 4.77. The summed E-state index contributed by atoms with van der Waals surface area (Å²) in [6, 6.07) is 3.94. The maximum atomic E-state index is 10.1. The van der Waals surface area contributed by atoms with Crippen molar-refractivity contribution in [2.75, 3.05) is 13.1 Å². The zero-order chi connectivity index (χ0) is 10.6. The van der Waals surface area contributed by atoms with Gasteiger partial charge in [0.05, 0.1) is 6.54 Å². The van der Waals surface area contributed by atoms with Crippen molar-refractivity contribution in [2.24, 2.45) is 0 Å². The summed E-state index contributed by atoms with van der Waals surface area (Å²) in [5.41, 5.74) is -0.0722. The third-order valence-electron chi connectivity index (χ3n) is 2.20.